The van der Waals surface area contributed by atoms with E-state index in [1.807, 2.05) is 26.0 Å². The number of guanidine groups is 1. The number of aryl methyl sites for hydroxylation is 1. The van der Waals surface area contributed by atoms with E-state index >= 15 is 0 Å². The van der Waals surface area contributed by atoms with E-state index in [1.165, 1.54) is 6.07 Å². The lowest BCUT2D eigenvalue weighted by Gasteiger charge is -2.19. The molecule has 1 unspecified atom stereocenters. The molecule has 3 N–H and O–H groups in total. The highest BCUT2D eigenvalue weighted by atomic mass is 19.1. The van der Waals surface area contributed by atoms with Gasteiger partial charge >= 0.3 is 0 Å². The van der Waals surface area contributed by atoms with Crippen LogP contribution in [0.2, 0.25) is 0 Å². The molecule has 0 aliphatic rings. The summed E-state index contributed by atoms with van der Waals surface area (Å²) in [6.45, 7) is 6.83. The number of rotatable bonds is 7. The Labute approximate surface area is 148 Å². The number of hydrogen-bond donors (Lipinski definition) is 3. The summed E-state index contributed by atoms with van der Waals surface area (Å²) in [6.07, 6.45) is 0.546. The highest BCUT2D eigenvalue weighted by molar-refractivity contribution is 5.79. The number of nitrogens with zero attached hydrogens (tertiary/aromatic N) is 1. The van der Waals surface area contributed by atoms with Crippen molar-refractivity contribution in [3.63, 3.8) is 0 Å². The normalized spacial score (nSPS) is 14.2. The van der Waals surface area contributed by atoms with Crippen molar-refractivity contribution in [1.29, 1.82) is 0 Å². The topological polar surface area (TPSA) is 69.8 Å². The van der Waals surface area contributed by atoms with E-state index in [0.29, 0.717) is 36.8 Å². The third kappa shape index (κ3) is 5.60. The molecule has 0 aliphatic heterocycles. The Morgan fingerprint density at radius 2 is 2.00 bits per heavy atom. The maximum atomic E-state index is 13.6. The van der Waals surface area contributed by atoms with Crippen molar-refractivity contribution in [2.24, 2.45) is 4.99 Å². The number of nitrogens with one attached hydrogen (secondary N) is 2. The van der Waals surface area contributed by atoms with Crippen LogP contribution in [0.4, 0.5) is 4.39 Å². The van der Waals surface area contributed by atoms with E-state index in [9.17, 15) is 9.50 Å². The molecule has 0 saturated carbocycles. The van der Waals surface area contributed by atoms with Crippen LogP contribution in [0.3, 0.4) is 0 Å². The molecule has 1 aromatic carbocycles. The second kappa shape index (κ2) is 8.67. The molecule has 0 saturated heterocycles. The molecule has 0 fully saturated rings. The minimum absolute atomic E-state index is 0.148. The van der Waals surface area contributed by atoms with Gasteiger partial charge in [0.05, 0.1) is 6.54 Å². The van der Waals surface area contributed by atoms with Gasteiger partial charge in [-0.15, -0.1) is 0 Å². The van der Waals surface area contributed by atoms with Gasteiger partial charge in [-0.3, -0.25) is 0 Å². The summed E-state index contributed by atoms with van der Waals surface area (Å²) >= 11 is 0. The van der Waals surface area contributed by atoms with Crippen molar-refractivity contribution < 1.29 is 13.9 Å². The first kappa shape index (κ1) is 19.0. The van der Waals surface area contributed by atoms with Gasteiger partial charge in [0.2, 0.25) is 0 Å². The van der Waals surface area contributed by atoms with Crippen LogP contribution < -0.4 is 10.6 Å². The summed E-state index contributed by atoms with van der Waals surface area (Å²) in [5, 5.41) is 16.8. The van der Waals surface area contributed by atoms with Crippen molar-refractivity contribution in [1.82, 2.24) is 10.6 Å². The van der Waals surface area contributed by atoms with Crippen LogP contribution in [0.15, 0.2) is 45.8 Å². The lowest BCUT2D eigenvalue weighted by Crippen LogP contribution is -2.39. The molecule has 1 heterocycles. The smallest absolute Gasteiger partial charge is 0.191 e. The van der Waals surface area contributed by atoms with Gasteiger partial charge in [-0.25, -0.2) is 9.38 Å². The third-order valence-electron chi connectivity index (χ3n) is 3.81. The van der Waals surface area contributed by atoms with Crippen LogP contribution in [0.1, 0.15) is 30.9 Å². The number of halogens is 1. The molecule has 6 heteroatoms. The van der Waals surface area contributed by atoms with Gasteiger partial charge in [0, 0.05) is 13.1 Å². The summed E-state index contributed by atoms with van der Waals surface area (Å²) < 4.78 is 19.1. The fraction of sp³-hybridized carbons (Fsp3) is 0.421. The van der Waals surface area contributed by atoms with E-state index in [2.05, 4.69) is 15.6 Å². The van der Waals surface area contributed by atoms with Crippen LogP contribution in [0, 0.1) is 12.7 Å². The monoisotopic (exact) mass is 347 g/mol. The molecule has 0 radical (unpaired) electrons. The molecule has 0 bridgehead atoms. The molecule has 1 aromatic heterocycles. The number of hydrogen-bond acceptors (Lipinski definition) is 3. The maximum Gasteiger partial charge on any atom is 0.191 e. The lowest BCUT2D eigenvalue weighted by molar-refractivity contribution is 0.0428. The first-order valence-electron chi connectivity index (χ1n) is 8.47. The Morgan fingerprint density at radius 1 is 1.24 bits per heavy atom. The van der Waals surface area contributed by atoms with E-state index in [-0.39, 0.29) is 12.4 Å². The van der Waals surface area contributed by atoms with E-state index in [0.717, 1.165) is 5.76 Å². The van der Waals surface area contributed by atoms with Crippen molar-refractivity contribution in [3.05, 3.63) is 59.3 Å². The fourth-order valence-corrected chi connectivity index (χ4v) is 2.39. The highest BCUT2D eigenvalue weighted by Gasteiger charge is 2.26. The van der Waals surface area contributed by atoms with Crippen molar-refractivity contribution in [2.45, 2.75) is 32.8 Å². The SMILES string of the molecule is CCNC(=NCC(C)(O)c1ccc(C)o1)NCCc1ccccc1F. The quantitative estimate of drug-likeness (QED) is 0.532. The fourth-order valence-electron chi connectivity index (χ4n) is 2.39. The summed E-state index contributed by atoms with van der Waals surface area (Å²) in [5.74, 6) is 1.59. The lowest BCUT2D eigenvalue weighted by atomic mass is 10.0. The standard InChI is InChI=1S/C19H26FN3O2/c1-4-21-18(22-12-11-15-7-5-6-8-16(15)20)23-13-19(3,24)17-10-9-14(2)25-17/h5-10,24H,4,11-13H2,1-3H3,(H2,21,22,23). The minimum atomic E-state index is -1.19. The number of furan rings is 1. The molecule has 5 nitrogen and oxygen atoms in total. The summed E-state index contributed by atoms with van der Waals surface area (Å²) in [7, 11) is 0. The van der Waals surface area contributed by atoms with E-state index in [1.54, 1.807) is 25.1 Å². The number of aliphatic imine (C=N–C) groups is 1. The van der Waals surface area contributed by atoms with Crippen LogP contribution in [0.5, 0.6) is 0 Å². The summed E-state index contributed by atoms with van der Waals surface area (Å²) in [4.78, 5) is 4.42. The average Bonchev–Trinajstić information content (AvgIpc) is 3.02. The first-order chi connectivity index (χ1) is 11.9. The summed E-state index contributed by atoms with van der Waals surface area (Å²) in [5.41, 5.74) is -0.536. The van der Waals surface area contributed by atoms with Gasteiger partial charge in [-0.05, 0) is 51.0 Å². The molecule has 1 atom stereocenters. The van der Waals surface area contributed by atoms with Gasteiger partial charge < -0.3 is 20.2 Å². The summed E-state index contributed by atoms with van der Waals surface area (Å²) in [6, 6.07) is 10.3. The molecule has 2 aromatic rings. The van der Waals surface area contributed by atoms with Crippen LogP contribution >= 0.6 is 0 Å². The average molecular weight is 347 g/mol. The predicted octanol–water partition coefficient (Wildman–Crippen LogP) is 2.73. The number of benzene rings is 1. The van der Waals surface area contributed by atoms with E-state index < -0.39 is 5.60 Å². The van der Waals surface area contributed by atoms with Crippen LogP contribution in [-0.2, 0) is 12.0 Å². The van der Waals surface area contributed by atoms with Crippen LogP contribution in [0.25, 0.3) is 0 Å². The molecule has 0 aliphatic carbocycles. The van der Waals surface area contributed by atoms with E-state index in [4.69, 9.17) is 4.42 Å². The Kier molecular flexibility index (Phi) is 6.58. The molecule has 0 amide bonds. The first-order valence-corrected chi connectivity index (χ1v) is 8.47. The zero-order valence-electron chi connectivity index (χ0n) is 15.0. The van der Waals surface area contributed by atoms with Gasteiger partial charge in [-0.2, -0.15) is 0 Å². The Morgan fingerprint density at radius 3 is 2.64 bits per heavy atom. The Bertz CT molecular complexity index is 710. The largest absolute Gasteiger partial charge is 0.463 e. The molecule has 0 spiro atoms. The Balaban J connectivity index is 1.94. The Hall–Kier alpha value is -2.34. The van der Waals surface area contributed by atoms with Crippen molar-refractivity contribution >= 4 is 5.96 Å². The van der Waals surface area contributed by atoms with Gasteiger partial charge in [0.1, 0.15) is 22.9 Å². The molecular weight excluding hydrogens is 321 g/mol. The zero-order chi connectivity index (χ0) is 18.3. The second-order valence-corrected chi connectivity index (χ2v) is 6.15. The van der Waals surface area contributed by atoms with Crippen molar-refractivity contribution in [2.75, 3.05) is 19.6 Å². The van der Waals surface area contributed by atoms with Gasteiger partial charge in [0.25, 0.3) is 0 Å². The van der Waals surface area contributed by atoms with Gasteiger partial charge in [-0.1, -0.05) is 18.2 Å². The van der Waals surface area contributed by atoms with Gasteiger partial charge in [0.15, 0.2) is 5.96 Å². The highest BCUT2D eigenvalue weighted by Crippen LogP contribution is 2.23. The zero-order valence-corrected chi connectivity index (χ0v) is 15.0. The van der Waals surface area contributed by atoms with Crippen LogP contribution in [-0.4, -0.2) is 30.7 Å². The van der Waals surface area contributed by atoms with Crippen molar-refractivity contribution in [3.8, 4) is 0 Å². The molecule has 136 valence electrons. The predicted molar refractivity (Wildman–Crippen MR) is 97.1 cm³/mol. The maximum absolute atomic E-state index is 13.6. The number of aliphatic hydroxyl groups is 1. The molecular formula is C19H26FN3O2. The second-order valence-electron chi connectivity index (χ2n) is 6.15. The minimum Gasteiger partial charge on any atom is -0.463 e. The molecule has 2 rings (SSSR count). The third-order valence-corrected chi connectivity index (χ3v) is 3.81. The molecule has 25 heavy (non-hydrogen) atoms.